The minimum Gasteiger partial charge on any atom is -0.383 e. The van der Waals surface area contributed by atoms with Crippen LogP contribution in [0.25, 0.3) is 0 Å². The molecule has 0 radical (unpaired) electrons. The van der Waals surface area contributed by atoms with Crippen LogP contribution in [0.5, 0.6) is 0 Å². The topological polar surface area (TPSA) is 21.3 Å². The summed E-state index contributed by atoms with van der Waals surface area (Å²) in [6, 6.07) is 0. The largest absolute Gasteiger partial charge is 0.383 e. The maximum Gasteiger partial charge on any atom is 0.102 e. The van der Waals surface area contributed by atoms with E-state index in [1.807, 2.05) is 0 Å². The van der Waals surface area contributed by atoms with Crippen molar-refractivity contribution in [2.24, 2.45) is 0 Å². The van der Waals surface area contributed by atoms with Gasteiger partial charge in [-0.1, -0.05) is 0 Å². The van der Waals surface area contributed by atoms with Gasteiger partial charge in [0.2, 0.25) is 0 Å². The third-order valence-corrected chi connectivity index (χ3v) is 1.60. The van der Waals surface area contributed by atoms with Crippen LogP contribution in [0.15, 0.2) is 0 Å². The van der Waals surface area contributed by atoms with Gasteiger partial charge in [-0.15, -0.1) is 11.6 Å². The molecule has 0 spiro atoms. The molecule has 0 aliphatic carbocycles. The molecule has 0 amide bonds. The lowest BCUT2D eigenvalue weighted by Crippen LogP contribution is -2.22. The van der Waals surface area contributed by atoms with E-state index in [0.29, 0.717) is 13.2 Å². The Bertz CT molecular complexity index is 84.8. The summed E-state index contributed by atoms with van der Waals surface area (Å²) in [7, 11) is 1.62. The van der Waals surface area contributed by atoms with Crippen LogP contribution in [-0.2, 0) is 4.74 Å². The highest BCUT2D eigenvalue weighted by Gasteiger charge is 2.01. The molecule has 0 rings (SSSR count). The van der Waals surface area contributed by atoms with Gasteiger partial charge >= 0.3 is 0 Å². The van der Waals surface area contributed by atoms with Gasteiger partial charge in [-0.25, -0.2) is 4.39 Å². The summed E-state index contributed by atoms with van der Waals surface area (Å²) in [5.74, 6) is 0. The third kappa shape index (κ3) is 8.04. The van der Waals surface area contributed by atoms with Crippen LogP contribution in [0.2, 0.25) is 0 Å². The number of ether oxygens (including phenoxy) is 1. The van der Waals surface area contributed by atoms with Gasteiger partial charge in [-0.2, -0.15) is 0 Å². The van der Waals surface area contributed by atoms with Crippen molar-refractivity contribution in [3.8, 4) is 0 Å². The molecule has 0 aromatic rings. The number of methoxy groups -OCH3 is 1. The fraction of sp³-hybridized carbons (Fsp3) is 1.00. The van der Waals surface area contributed by atoms with Crippen LogP contribution < -0.4 is 5.32 Å². The van der Waals surface area contributed by atoms with Gasteiger partial charge in [0.05, 0.1) is 12.0 Å². The second-order valence-corrected chi connectivity index (χ2v) is 2.90. The van der Waals surface area contributed by atoms with Crippen LogP contribution in [0, 0.1) is 0 Å². The predicted octanol–water partition coefficient (Wildman–Crippen LogP) is 1.19. The maximum absolute atomic E-state index is 11.5. The molecule has 68 valence electrons. The van der Waals surface area contributed by atoms with Crippen molar-refractivity contribution >= 4 is 11.6 Å². The summed E-state index contributed by atoms with van der Waals surface area (Å²) in [5, 5.41) is 2.94. The molecule has 0 aliphatic heterocycles. The predicted molar refractivity (Wildman–Crippen MR) is 45.0 cm³/mol. The minimum absolute atomic E-state index is 0.0344. The Labute approximate surface area is 72.1 Å². The van der Waals surface area contributed by atoms with Crippen LogP contribution in [-0.4, -0.2) is 38.9 Å². The van der Waals surface area contributed by atoms with Crippen molar-refractivity contribution in [2.45, 2.75) is 11.8 Å². The van der Waals surface area contributed by atoms with Gasteiger partial charge < -0.3 is 10.1 Å². The first-order chi connectivity index (χ1) is 5.31. The highest BCUT2D eigenvalue weighted by atomic mass is 35.5. The number of nitrogens with one attached hydrogen (secondary N) is 1. The molecule has 0 saturated heterocycles. The Kier molecular flexibility index (Phi) is 8.34. The highest BCUT2D eigenvalue weighted by Crippen LogP contribution is 2.00. The standard InChI is InChI=1S/C7H15ClFNO/c1-11-6-7(8)2-4-10-5-3-9/h7,10H,2-6H2,1H3. The normalized spacial score (nSPS) is 13.4. The highest BCUT2D eigenvalue weighted by molar-refractivity contribution is 6.20. The van der Waals surface area contributed by atoms with Crippen LogP contribution in [0.4, 0.5) is 4.39 Å². The van der Waals surface area contributed by atoms with E-state index in [1.54, 1.807) is 7.11 Å². The average molecular weight is 184 g/mol. The molecule has 0 heterocycles. The first kappa shape index (κ1) is 11.1. The van der Waals surface area contributed by atoms with E-state index in [-0.39, 0.29) is 12.1 Å². The van der Waals surface area contributed by atoms with Crippen molar-refractivity contribution in [1.29, 1.82) is 0 Å². The van der Waals surface area contributed by atoms with Gasteiger partial charge in [0.25, 0.3) is 0 Å². The number of rotatable bonds is 7. The lowest BCUT2D eigenvalue weighted by Gasteiger charge is -2.07. The molecular weight excluding hydrogens is 169 g/mol. The van der Waals surface area contributed by atoms with Gasteiger partial charge in [0.1, 0.15) is 6.67 Å². The van der Waals surface area contributed by atoms with Gasteiger partial charge in [0, 0.05) is 13.7 Å². The Morgan fingerprint density at radius 3 is 2.82 bits per heavy atom. The molecule has 0 fully saturated rings. The quantitative estimate of drug-likeness (QED) is 0.473. The number of halogens is 2. The Morgan fingerprint density at radius 2 is 2.27 bits per heavy atom. The Morgan fingerprint density at radius 1 is 1.55 bits per heavy atom. The van der Waals surface area contributed by atoms with E-state index < -0.39 is 0 Å². The Hall–Kier alpha value is 0.140. The number of hydrogen-bond donors (Lipinski definition) is 1. The molecule has 0 aromatic heterocycles. The van der Waals surface area contributed by atoms with Crippen molar-refractivity contribution in [3.63, 3.8) is 0 Å². The van der Waals surface area contributed by atoms with E-state index in [1.165, 1.54) is 0 Å². The van der Waals surface area contributed by atoms with E-state index in [0.717, 1.165) is 13.0 Å². The fourth-order valence-corrected chi connectivity index (χ4v) is 0.950. The molecule has 11 heavy (non-hydrogen) atoms. The second kappa shape index (κ2) is 8.24. The average Bonchev–Trinajstić information content (AvgIpc) is 1.99. The molecule has 1 unspecified atom stereocenters. The van der Waals surface area contributed by atoms with E-state index in [9.17, 15) is 4.39 Å². The van der Waals surface area contributed by atoms with Crippen LogP contribution in [0.3, 0.4) is 0 Å². The molecule has 4 heteroatoms. The molecule has 0 aromatic carbocycles. The van der Waals surface area contributed by atoms with E-state index in [4.69, 9.17) is 16.3 Å². The summed E-state index contributed by atoms with van der Waals surface area (Å²) < 4.78 is 16.4. The van der Waals surface area contributed by atoms with Crippen LogP contribution in [0.1, 0.15) is 6.42 Å². The zero-order chi connectivity index (χ0) is 8.53. The lowest BCUT2D eigenvalue weighted by molar-refractivity contribution is 0.195. The van der Waals surface area contributed by atoms with Gasteiger partial charge in [0.15, 0.2) is 0 Å². The fourth-order valence-electron chi connectivity index (χ4n) is 0.715. The van der Waals surface area contributed by atoms with Crippen molar-refractivity contribution in [3.05, 3.63) is 0 Å². The molecule has 1 N–H and O–H groups in total. The first-order valence-electron chi connectivity index (χ1n) is 3.71. The molecule has 0 aliphatic rings. The summed E-state index contributed by atoms with van der Waals surface area (Å²) in [6.45, 7) is 1.40. The zero-order valence-electron chi connectivity index (χ0n) is 6.78. The summed E-state index contributed by atoms with van der Waals surface area (Å²) in [5.41, 5.74) is 0. The summed E-state index contributed by atoms with van der Waals surface area (Å²) in [6.07, 6.45) is 0.815. The molecule has 0 saturated carbocycles. The van der Waals surface area contributed by atoms with Crippen molar-refractivity contribution < 1.29 is 9.13 Å². The first-order valence-corrected chi connectivity index (χ1v) is 4.14. The monoisotopic (exact) mass is 183 g/mol. The molecule has 0 bridgehead atoms. The SMILES string of the molecule is COCC(Cl)CCNCCF. The summed E-state index contributed by atoms with van der Waals surface area (Å²) >= 11 is 5.80. The molecule has 1 atom stereocenters. The molecular formula is C7H15ClFNO. The summed E-state index contributed by atoms with van der Waals surface area (Å²) in [4.78, 5) is 0. The second-order valence-electron chi connectivity index (χ2n) is 2.28. The maximum atomic E-state index is 11.5. The smallest absolute Gasteiger partial charge is 0.102 e. The van der Waals surface area contributed by atoms with E-state index >= 15 is 0 Å². The van der Waals surface area contributed by atoms with Crippen LogP contribution >= 0.6 is 11.6 Å². The van der Waals surface area contributed by atoms with Crippen molar-refractivity contribution in [1.82, 2.24) is 5.32 Å². The Balaban J connectivity index is 2.97. The third-order valence-electron chi connectivity index (χ3n) is 1.25. The number of alkyl halides is 2. The van der Waals surface area contributed by atoms with Gasteiger partial charge in [-0.3, -0.25) is 0 Å². The van der Waals surface area contributed by atoms with Gasteiger partial charge in [-0.05, 0) is 13.0 Å². The number of hydrogen-bond acceptors (Lipinski definition) is 2. The van der Waals surface area contributed by atoms with E-state index in [2.05, 4.69) is 5.32 Å². The lowest BCUT2D eigenvalue weighted by atomic mass is 10.3. The minimum atomic E-state index is -0.322. The zero-order valence-corrected chi connectivity index (χ0v) is 7.53. The molecule has 2 nitrogen and oxygen atoms in total. The van der Waals surface area contributed by atoms with Crippen molar-refractivity contribution in [2.75, 3.05) is 33.5 Å².